The largest absolute Gasteiger partial charge is 0.312 e. The van der Waals surface area contributed by atoms with Crippen LogP contribution in [0.3, 0.4) is 0 Å². The number of nitrogens with zero attached hydrogens (tertiary/aromatic N) is 1. The van der Waals surface area contributed by atoms with Crippen LogP contribution in [-0.2, 0) is 6.42 Å². The molecule has 0 amide bonds. The van der Waals surface area contributed by atoms with E-state index in [1.165, 1.54) is 31.6 Å². The molecule has 0 aliphatic carbocycles. The molecule has 1 aromatic rings. The SMILES string of the molecule is C[C@@H]1CN(CCc2ccccc2)CCN1. The molecule has 0 unspecified atom stereocenters. The Kier molecular flexibility index (Phi) is 3.75. The highest BCUT2D eigenvalue weighted by Crippen LogP contribution is 2.03. The maximum Gasteiger partial charge on any atom is 0.0167 e. The van der Waals surface area contributed by atoms with Crippen LogP contribution in [0.5, 0.6) is 0 Å². The van der Waals surface area contributed by atoms with Crippen molar-refractivity contribution < 1.29 is 0 Å². The molecule has 1 saturated heterocycles. The molecule has 2 nitrogen and oxygen atoms in total. The Hall–Kier alpha value is -0.860. The van der Waals surface area contributed by atoms with E-state index >= 15 is 0 Å². The highest BCUT2D eigenvalue weighted by atomic mass is 15.2. The molecule has 15 heavy (non-hydrogen) atoms. The van der Waals surface area contributed by atoms with Gasteiger partial charge < -0.3 is 10.2 Å². The van der Waals surface area contributed by atoms with Gasteiger partial charge in [-0.2, -0.15) is 0 Å². The predicted molar refractivity (Wildman–Crippen MR) is 64.1 cm³/mol. The van der Waals surface area contributed by atoms with Gasteiger partial charge in [0.2, 0.25) is 0 Å². The molecule has 1 heterocycles. The zero-order chi connectivity index (χ0) is 10.5. The van der Waals surface area contributed by atoms with Crippen LogP contribution in [-0.4, -0.2) is 37.1 Å². The first-order valence-electron chi connectivity index (χ1n) is 5.84. The molecule has 1 aliphatic heterocycles. The third-order valence-electron chi connectivity index (χ3n) is 3.01. The lowest BCUT2D eigenvalue weighted by atomic mass is 10.1. The molecular formula is C13H20N2. The lowest BCUT2D eigenvalue weighted by Gasteiger charge is -2.31. The second-order valence-electron chi connectivity index (χ2n) is 4.39. The van der Waals surface area contributed by atoms with E-state index < -0.39 is 0 Å². The molecule has 1 fully saturated rings. The molecule has 2 rings (SSSR count). The van der Waals surface area contributed by atoms with Crippen molar-refractivity contribution in [1.82, 2.24) is 10.2 Å². The van der Waals surface area contributed by atoms with Gasteiger partial charge in [0.05, 0.1) is 0 Å². The Morgan fingerprint density at radius 3 is 2.87 bits per heavy atom. The Morgan fingerprint density at radius 1 is 1.33 bits per heavy atom. The molecule has 0 saturated carbocycles. The van der Waals surface area contributed by atoms with Crippen LogP contribution < -0.4 is 5.32 Å². The molecule has 0 radical (unpaired) electrons. The van der Waals surface area contributed by atoms with Crippen LogP contribution in [0.4, 0.5) is 0 Å². The van der Waals surface area contributed by atoms with Crippen molar-refractivity contribution >= 4 is 0 Å². The maximum atomic E-state index is 3.47. The lowest BCUT2D eigenvalue weighted by molar-refractivity contribution is 0.209. The van der Waals surface area contributed by atoms with Crippen LogP contribution in [0.15, 0.2) is 30.3 Å². The van der Waals surface area contributed by atoms with Gasteiger partial charge in [-0.3, -0.25) is 0 Å². The fourth-order valence-electron chi connectivity index (χ4n) is 2.15. The van der Waals surface area contributed by atoms with Gasteiger partial charge in [0.15, 0.2) is 0 Å². The van der Waals surface area contributed by atoms with E-state index in [1.807, 2.05) is 0 Å². The first-order chi connectivity index (χ1) is 7.34. The number of benzene rings is 1. The summed E-state index contributed by atoms with van der Waals surface area (Å²) in [6.45, 7) is 6.96. The summed E-state index contributed by atoms with van der Waals surface area (Å²) in [4.78, 5) is 2.55. The Labute approximate surface area is 92.3 Å². The minimum absolute atomic E-state index is 0.648. The predicted octanol–water partition coefficient (Wildman–Crippen LogP) is 1.52. The van der Waals surface area contributed by atoms with Gasteiger partial charge in [0.1, 0.15) is 0 Å². The summed E-state index contributed by atoms with van der Waals surface area (Å²) in [6.07, 6.45) is 1.17. The third-order valence-corrected chi connectivity index (χ3v) is 3.01. The first-order valence-corrected chi connectivity index (χ1v) is 5.84. The first kappa shape index (κ1) is 10.7. The summed E-state index contributed by atoms with van der Waals surface area (Å²) >= 11 is 0. The number of nitrogens with one attached hydrogen (secondary N) is 1. The second kappa shape index (κ2) is 5.29. The van der Waals surface area contributed by atoms with Gasteiger partial charge in [-0.15, -0.1) is 0 Å². The van der Waals surface area contributed by atoms with Crippen LogP contribution in [0, 0.1) is 0 Å². The monoisotopic (exact) mass is 204 g/mol. The Balaban J connectivity index is 1.78. The van der Waals surface area contributed by atoms with Gasteiger partial charge in [-0.1, -0.05) is 30.3 Å². The minimum atomic E-state index is 0.648. The number of hydrogen-bond donors (Lipinski definition) is 1. The molecular weight excluding hydrogens is 184 g/mol. The number of rotatable bonds is 3. The van der Waals surface area contributed by atoms with Crippen molar-refractivity contribution in [3.05, 3.63) is 35.9 Å². The average molecular weight is 204 g/mol. The van der Waals surface area contributed by atoms with E-state index in [2.05, 4.69) is 47.5 Å². The molecule has 1 aliphatic rings. The number of piperazine rings is 1. The maximum absolute atomic E-state index is 3.47. The summed E-state index contributed by atoms with van der Waals surface area (Å²) in [6, 6.07) is 11.4. The molecule has 1 atom stereocenters. The van der Waals surface area contributed by atoms with Crippen LogP contribution >= 0.6 is 0 Å². The van der Waals surface area contributed by atoms with Crippen molar-refractivity contribution in [2.75, 3.05) is 26.2 Å². The van der Waals surface area contributed by atoms with Crippen molar-refractivity contribution in [2.24, 2.45) is 0 Å². The summed E-state index contributed by atoms with van der Waals surface area (Å²) in [7, 11) is 0. The van der Waals surface area contributed by atoms with Gasteiger partial charge in [-0.25, -0.2) is 0 Å². The van der Waals surface area contributed by atoms with E-state index in [0.717, 1.165) is 6.54 Å². The summed E-state index contributed by atoms with van der Waals surface area (Å²) in [5.74, 6) is 0. The minimum Gasteiger partial charge on any atom is -0.312 e. The molecule has 0 spiro atoms. The van der Waals surface area contributed by atoms with Gasteiger partial charge in [0, 0.05) is 32.2 Å². The lowest BCUT2D eigenvalue weighted by Crippen LogP contribution is -2.49. The quantitative estimate of drug-likeness (QED) is 0.803. The van der Waals surface area contributed by atoms with Crippen molar-refractivity contribution in [3.8, 4) is 0 Å². The molecule has 0 aromatic heterocycles. The average Bonchev–Trinajstić information content (AvgIpc) is 2.28. The summed E-state index contributed by atoms with van der Waals surface area (Å²) in [5.41, 5.74) is 1.45. The third kappa shape index (κ3) is 3.33. The van der Waals surface area contributed by atoms with E-state index in [0.29, 0.717) is 6.04 Å². The van der Waals surface area contributed by atoms with Crippen molar-refractivity contribution in [1.29, 1.82) is 0 Å². The van der Waals surface area contributed by atoms with Crippen LogP contribution in [0.2, 0.25) is 0 Å². The molecule has 2 heteroatoms. The van der Waals surface area contributed by atoms with Crippen molar-refractivity contribution in [3.63, 3.8) is 0 Å². The fraction of sp³-hybridized carbons (Fsp3) is 0.538. The summed E-state index contributed by atoms with van der Waals surface area (Å²) in [5, 5.41) is 3.47. The summed E-state index contributed by atoms with van der Waals surface area (Å²) < 4.78 is 0. The second-order valence-corrected chi connectivity index (χ2v) is 4.39. The number of hydrogen-bond acceptors (Lipinski definition) is 2. The van der Waals surface area contributed by atoms with Crippen LogP contribution in [0.25, 0.3) is 0 Å². The van der Waals surface area contributed by atoms with E-state index in [1.54, 1.807) is 0 Å². The van der Waals surface area contributed by atoms with Gasteiger partial charge in [0.25, 0.3) is 0 Å². The molecule has 0 bridgehead atoms. The van der Waals surface area contributed by atoms with Gasteiger partial charge in [-0.05, 0) is 18.9 Å². The topological polar surface area (TPSA) is 15.3 Å². The Morgan fingerprint density at radius 2 is 2.13 bits per heavy atom. The standard InChI is InChI=1S/C13H20N2/c1-12-11-15(10-8-14-12)9-7-13-5-3-2-4-6-13/h2-6,12,14H,7-11H2,1H3/t12-/m1/s1. The highest BCUT2D eigenvalue weighted by Gasteiger charge is 2.14. The molecule has 1 N–H and O–H groups in total. The molecule has 1 aromatic carbocycles. The fourth-order valence-corrected chi connectivity index (χ4v) is 2.15. The van der Waals surface area contributed by atoms with Gasteiger partial charge >= 0.3 is 0 Å². The molecule has 82 valence electrons. The smallest absolute Gasteiger partial charge is 0.0167 e. The van der Waals surface area contributed by atoms with E-state index in [4.69, 9.17) is 0 Å². The van der Waals surface area contributed by atoms with E-state index in [-0.39, 0.29) is 0 Å². The Bertz CT molecular complexity index is 284. The highest BCUT2D eigenvalue weighted by molar-refractivity contribution is 5.14. The zero-order valence-corrected chi connectivity index (χ0v) is 9.45. The van der Waals surface area contributed by atoms with Crippen molar-refractivity contribution in [2.45, 2.75) is 19.4 Å². The zero-order valence-electron chi connectivity index (χ0n) is 9.45. The normalized spacial score (nSPS) is 22.9. The van der Waals surface area contributed by atoms with Crippen LogP contribution in [0.1, 0.15) is 12.5 Å². The van der Waals surface area contributed by atoms with E-state index in [9.17, 15) is 0 Å².